The van der Waals surface area contributed by atoms with Crippen molar-refractivity contribution in [2.24, 2.45) is 0 Å². The summed E-state index contributed by atoms with van der Waals surface area (Å²) < 4.78 is 0. The van der Waals surface area contributed by atoms with Crippen molar-refractivity contribution in [3.63, 3.8) is 0 Å². The molecule has 0 amide bonds. The maximum Gasteiger partial charge on any atom is 0.125 e. The Bertz CT molecular complexity index is 909. The molecule has 0 saturated carbocycles. The van der Waals surface area contributed by atoms with Crippen LogP contribution in [0.25, 0.3) is 5.76 Å². The summed E-state index contributed by atoms with van der Waals surface area (Å²) in [5, 5.41) is 22.9. The van der Waals surface area contributed by atoms with Gasteiger partial charge in [-0.3, -0.25) is 4.98 Å². The van der Waals surface area contributed by atoms with Gasteiger partial charge in [0.15, 0.2) is 0 Å². The van der Waals surface area contributed by atoms with Crippen molar-refractivity contribution in [3.05, 3.63) is 105 Å². The second-order valence-electron chi connectivity index (χ2n) is 5.88. The number of benzene rings is 2. The molecule has 1 atom stereocenters. The minimum Gasteiger partial charge on any atom is -0.507 e. The highest BCUT2D eigenvalue weighted by atomic mass is 35.5. The number of aliphatic hydroxyl groups excluding tert-OH is 2. The molecule has 0 bridgehead atoms. The monoisotopic (exact) mass is 385 g/mol. The largest absolute Gasteiger partial charge is 0.507 e. The normalized spacial score (nSPS) is 13.2. The van der Waals surface area contributed by atoms with Gasteiger partial charge in [-0.25, -0.2) is 0 Å². The standard InChI is InChI=1S/C21H17Cl2NO2/c22-17-8-6-15(7-9-17)20(25)19(12-14-3-1-5-18(23)11-14)21(26)16-4-2-10-24-13-16/h1-11,13,21,25-26H,12H2/b20-19+. The summed E-state index contributed by atoms with van der Waals surface area (Å²) >= 11 is 12.0. The molecule has 0 aliphatic carbocycles. The Kier molecular flexibility index (Phi) is 5.94. The minimum atomic E-state index is -1.00. The smallest absolute Gasteiger partial charge is 0.125 e. The quantitative estimate of drug-likeness (QED) is 0.559. The third kappa shape index (κ3) is 4.44. The molecule has 3 rings (SSSR count). The number of hydrogen-bond donors (Lipinski definition) is 2. The van der Waals surface area contributed by atoms with E-state index in [1.807, 2.05) is 18.2 Å². The molecule has 26 heavy (non-hydrogen) atoms. The van der Waals surface area contributed by atoms with Crippen LogP contribution in [0.4, 0.5) is 0 Å². The average molecular weight is 386 g/mol. The first kappa shape index (κ1) is 18.5. The molecule has 1 aromatic heterocycles. The van der Waals surface area contributed by atoms with Gasteiger partial charge in [-0.15, -0.1) is 0 Å². The van der Waals surface area contributed by atoms with Gasteiger partial charge in [0.25, 0.3) is 0 Å². The maximum absolute atomic E-state index is 10.9. The van der Waals surface area contributed by atoms with Crippen LogP contribution in [0, 0.1) is 0 Å². The van der Waals surface area contributed by atoms with Crippen molar-refractivity contribution >= 4 is 29.0 Å². The molecule has 3 aromatic rings. The fourth-order valence-electron chi connectivity index (χ4n) is 2.71. The number of halogens is 2. The second kappa shape index (κ2) is 8.37. The zero-order valence-corrected chi connectivity index (χ0v) is 15.3. The first-order valence-electron chi connectivity index (χ1n) is 8.05. The molecule has 0 spiro atoms. The van der Waals surface area contributed by atoms with Gasteiger partial charge in [-0.2, -0.15) is 0 Å². The molecule has 132 valence electrons. The Morgan fingerprint density at radius 3 is 2.38 bits per heavy atom. The van der Waals surface area contributed by atoms with Gasteiger partial charge < -0.3 is 10.2 Å². The molecule has 0 fully saturated rings. The first-order chi connectivity index (χ1) is 12.5. The zero-order valence-electron chi connectivity index (χ0n) is 13.8. The van der Waals surface area contributed by atoms with E-state index >= 15 is 0 Å². The van der Waals surface area contributed by atoms with Crippen LogP contribution in [-0.2, 0) is 6.42 Å². The van der Waals surface area contributed by atoms with E-state index < -0.39 is 6.10 Å². The van der Waals surface area contributed by atoms with Gasteiger partial charge in [0.05, 0.1) is 0 Å². The minimum absolute atomic E-state index is 0.0120. The summed E-state index contributed by atoms with van der Waals surface area (Å²) in [6.07, 6.45) is 2.55. The summed E-state index contributed by atoms with van der Waals surface area (Å²) in [7, 11) is 0. The number of rotatable bonds is 5. The molecule has 1 unspecified atom stereocenters. The lowest BCUT2D eigenvalue weighted by atomic mass is 9.93. The van der Waals surface area contributed by atoms with E-state index in [4.69, 9.17) is 23.2 Å². The van der Waals surface area contributed by atoms with Crippen molar-refractivity contribution in [3.8, 4) is 0 Å². The van der Waals surface area contributed by atoms with Crippen LogP contribution < -0.4 is 0 Å². The molecule has 0 saturated heterocycles. The number of hydrogen-bond acceptors (Lipinski definition) is 3. The second-order valence-corrected chi connectivity index (χ2v) is 6.75. The average Bonchev–Trinajstić information content (AvgIpc) is 2.66. The van der Waals surface area contributed by atoms with Crippen molar-refractivity contribution in [1.82, 2.24) is 4.98 Å². The van der Waals surface area contributed by atoms with Gasteiger partial charge in [0, 0.05) is 45.6 Å². The van der Waals surface area contributed by atoms with Crippen LogP contribution in [0.1, 0.15) is 22.8 Å². The third-order valence-corrected chi connectivity index (χ3v) is 4.52. The Hall–Kier alpha value is -2.33. The summed E-state index contributed by atoms with van der Waals surface area (Å²) in [5.74, 6) is 0.0120. The molecule has 5 heteroatoms. The first-order valence-corrected chi connectivity index (χ1v) is 8.80. The van der Waals surface area contributed by atoms with Crippen molar-refractivity contribution in [2.45, 2.75) is 12.5 Å². The summed E-state index contributed by atoms with van der Waals surface area (Å²) in [4.78, 5) is 4.05. The topological polar surface area (TPSA) is 53.4 Å². The highest BCUT2D eigenvalue weighted by Gasteiger charge is 2.20. The van der Waals surface area contributed by atoms with Crippen molar-refractivity contribution < 1.29 is 10.2 Å². The van der Waals surface area contributed by atoms with Gasteiger partial charge in [0.2, 0.25) is 0 Å². The Morgan fingerprint density at radius 1 is 0.962 bits per heavy atom. The summed E-state index contributed by atoms with van der Waals surface area (Å²) in [6.45, 7) is 0. The Morgan fingerprint density at radius 2 is 1.73 bits per heavy atom. The SMILES string of the molecule is O/C(=C(\Cc1cccc(Cl)c1)C(O)c1cccnc1)c1ccc(Cl)cc1. The molecule has 1 heterocycles. The van der Waals surface area contributed by atoms with Crippen LogP contribution in [-0.4, -0.2) is 15.2 Å². The number of pyridine rings is 1. The molecule has 0 radical (unpaired) electrons. The van der Waals surface area contributed by atoms with E-state index in [9.17, 15) is 10.2 Å². The zero-order chi connectivity index (χ0) is 18.5. The molecule has 0 aliphatic heterocycles. The van der Waals surface area contributed by atoms with Crippen LogP contribution >= 0.6 is 23.2 Å². The lowest BCUT2D eigenvalue weighted by Crippen LogP contribution is -2.08. The van der Waals surface area contributed by atoms with Gasteiger partial charge in [-0.05, 0) is 48.0 Å². The predicted molar refractivity (Wildman–Crippen MR) is 105 cm³/mol. The maximum atomic E-state index is 10.9. The number of aliphatic hydroxyl groups is 2. The Balaban J connectivity index is 2.05. The van der Waals surface area contributed by atoms with Crippen molar-refractivity contribution in [2.75, 3.05) is 0 Å². The molecule has 0 aliphatic rings. The lowest BCUT2D eigenvalue weighted by Gasteiger charge is -2.18. The van der Waals surface area contributed by atoms with E-state index in [1.165, 1.54) is 0 Å². The van der Waals surface area contributed by atoms with E-state index in [0.717, 1.165) is 5.56 Å². The fraction of sp³-hybridized carbons (Fsp3) is 0.0952. The summed E-state index contributed by atoms with van der Waals surface area (Å²) in [5.41, 5.74) is 2.53. The lowest BCUT2D eigenvalue weighted by molar-refractivity contribution is 0.210. The van der Waals surface area contributed by atoms with Crippen LogP contribution in [0.15, 0.2) is 78.6 Å². The fourth-order valence-corrected chi connectivity index (χ4v) is 3.05. The van der Waals surface area contributed by atoms with Crippen LogP contribution in [0.2, 0.25) is 10.0 Å². The van der Waals surface area contributed by atoms with E-state index in [-0.39, 0.29) is 5.76 Å². The van der Waals surface area contributed by atoms with Crippen LogP contribution in [0.5, 0.6) is 0 Å². The molecule has 2 N–H and O–H groups in total. The highest BCUT2D eigenvalue weighted by molar-refractivity contribution is 6.30. The van der Waals surface area contributed by atoms with Gasteiger partial charge in [0.1, 0.15) is 11.9 Å². The third-order valence-electron chi connectivity index (χ3n) is 4.04. The van der Waals surface area contributed by atoms with Gasteiger partial charge >= 0.3 is 0 Å². The van der Waals surface area contributed by atoms with Crippen molar-refractivity contribution in [1.29, 1.82) is 0 Å². The van der Waals surface area contributed by atoms with Crippen LogP contribution in [0.3, 0.4) is 0 Å². The van der Waals surface area contributed by atoms with E-state index in [2.05, 4.69) is 4.98 Å². The molecular formula is C21H17Cl2NO2. The Labute approximate surface area is 162 Å². The molecule has 3 nitrogen and oxygen atoms in total. The number of nitrogens with zero attached hydrogens (tertiary/aromatic N) is 1. The van der Waals surface area contributed by atoms with Gasteiger partial charge in [-0.1, -0.05) is 41.4 Å². The summed E-state index contributed by atoms with van der Waals surface area (Å²) in [6, 6.07) is 17.7. The number of aromatic nitrogens is 1. The molecule has 2 aromatic carbocycles. The van der Waals surface area contributed by atoms with E-state index in [0.29, 0.717) is 33.2 Å². The predicted octanol–water partition coefficient (Wildman–Crippen LogP) is 5.63. The highest BCUT2D eigenvalue weighted by Crippen LogP contribution is 2.31. The molecular weight excluding hydrogens is 369 g/mol. The van der Waals surface area contributed by atoms with E-state index in [1.54, 1.807) is 54.9 Å².